The van der Waals surface area contributed by atoms with Crippen molar-refractivity contribution >= 4 is 79.3 Å². The maximum atomic E-state index is 12.4. The molecule has 0 spiro atoms. The molecule has 0 aliphatic carbocycles. The van der Waals surface area contributed by atoms with Crippen LogP contribution in [0.15, 0.2) is 75.4 Å². The molecule has 0 fully saturated rings. The van der Waals surface area contributed by atoms with Crippen LogP contribution < -0.4 is 30.3 Å². The first-order valence-electron chi connectivity index (χ1n) is 13.7. The molecule has 2 atom stereocenters. The van der Waals surface area contributed by atoms with Crippen LogP contribution in [0.5, 0.6) is 17.2 Å². The number of halogens is 3. The Morgan fingerprint density at radius 3 is 2.56 bits per heavy atom. The lowest BCUT2D eigenvalue weighted by atomic mass is 9.95. The minimum absolute atomic E-state index is 0.139. The van der Waals surface area contributed by atoms with E-state index < -0.39 is 24.3 Å². The molecule has 1 aliphatic rings. The quantitative estimate of drug-likeness (QED) is 0.0559. The lowest BCUT2D eigenvalue weighted by Gasteiger charge is -2.28. The highest BCUT2D eigenvalue weighted by Crippen LogP contribution is 2.35. The SMILES string of the molecule is CCOc1cc([C@H]2NC(=O)NC(C)=C2C(=O)OC)ccc1OC[C@@H](O)N/N=C\c1cc(Br)c(OCc2ccc(I)cc2)c(I)c1. The molecule has 4 rings (SSSR count). The number of rotatable bonds is 13. The summed E-state index contributed by atoms with van der Waals surface area (Å²) in [6, 6.07) is 15.8. The first-order valence-corrected chi connectivity index (χ1v) is 16.6. The summed E-state index contributed by atoms with van der Waals surface area (Å²) in [6.45, 7) is 4.10. The number of urea groups is 1. The Morgan fingerprint density at radius 2 is 1.87 bits per heavy atom. The van der Waals surface area contributed by atoms with Crippen molar-refractivity contribution in [1.29, 1.82) is 0 Å². The molecule has 2 amide bonds. The molecular weight excluding hydrogens is 874 g/mol. The molecular formula is C31H31BrI2N4O7. The number of carbonyl (C=O) groups is 2. The third kappa shape index (κ3) is 9.46. The summed E-state index contributed by atoms with van der Waals surface area (Å²) in [4.78, 5) is 24.6. The standard InChI is InChI=1S/C31H31BrI2N4O7/c1-4-43-25-13-20(28-27(30(40)42-3)17(2)36-31(41)37-28)7-10-24(25)44-16-26(39)38-35-14-19-11-22(32)29(23(34)12-19)45-15-18-5-8-21(33)9-6-18/h5-14,26,28,38-39H,4,15-16H2,1-3H3,(H2,36,37,41)/b35-14-/t26-,28-/m1/s1. The van der Waals surface area contributed by atoms with Gasteiger partial charge in [-0.05, 0) is 128 Å². The van der Waals surface area contributed by atoms with E-state index in [2.05, 4.69) is 82.3 Å². The van der Waals surface area contributed by atoms with E-state index in [0.29, 0.717) is 36.0 Å². The van der Waals surface area contributed by atoms with Crippen molar-refractivity contribution in [2.24, 2.45) is 5.10 Å². The number of aliphatic hydroxyl groups excluding tert-OH is 1. The predicted octanol–water partition coefficient (Wildman–Crippen LogP) is 5.76. The Morgan fingerprint density at radius 1 is 1.11 bits per heavy atom. The van der Waals surface area contributed by atoms with E-state index >= 15 is 0 Å². The molecule has 238 valence electrons. The monoisotopic (exact) mass is 904 g/mol. The average molecular weight is 905 g/mol. The van der Waals surface area contributed by atoms with Crippen LogP contribution in [-0.2, 0) is 16.1 Å². The van der Waals surface area contributed by atoms with Crippen molar-refractivity contribution in [2.75, 3.05) is 20.3 Å². The van der Waals surface area contributed by atoms with Gasteiger partial charge in [0.05, 0.1) is 39.6 Å². The van der Waals surface area contributed by atoms with E-state index in [4.69, 9.17) is 18.9 Å². The van der Waals surface area contributed by atoms with Crippen molar-refractivity contribution in [2.45, 2.75) is 32.7 Å². The molecule has 3 aromatic carbocycles. The number of nitrogens with one attached hydrogen (secondary N) is 3. The third-order valence-corrected chi connectivity index (χ3v) is 8.54. The number of esters is 1. The van der Waals surface area contributed by atoms with Crippen molar-refractivity contribution in [3.05, 3.63) is 94.2 Å². The Kier molecular flexibility index (Phi) is 12.7. The van der Waals surface area contributed by atoms with Gasteiger partial charge in [-0.25, -0.2) is 9.59 Å². The van der Waals surface area contributed by atoms with Crippen LogP contribution in [0, 0.1) is 7.14 Å². The van der Waals surface area contributed by atoms with E-state index in [1.807, 2.05) is 43.3 Å². The summed E-state index contributed by atoms with van der Waals surface area (Å²) in [5, 5.41) is 20.0. The zero-order valence-electron chi connectivity index (χ0n) is 24.5. The zero-order valence-corrected chi connectivity index (χ0v) is 30.4. The Hall–Kier alpha value is -3.09. The average Bonchev–Trinajstić information content (AvgIpc) is 3.00. The molecule has 1 aliphatic heterocycles. The predicted molar refractivity (Wildman–Crippen MR) is 189 cm³/mol. The van der Waals surface area contributed by atoms with Crippen LogP contribution in [0.25, 0.3) is 0 Å². The lowest BCUT2D eigenvalue weighted by Crippen LogP contribution is -2.45. The summed E-state index contributed by atoms with van der Waals surface area (Å²) in [7, 11) is 1.28. The molecule has 1 heterocycles. The van der Waals surface area contributed by atoms with Gasteiger partial charge in [-0.1, -0.05) is 18.2 Å². The number of ether oxygens (including phenoxy) is 4. The number of methoxy groups -OCH3 is 1. The van der Waals surface area contributed by atoms with E-state index in [0.717, 1.165) is 24.9 Å². The molecule has 0 aromatic heterocycles. The van der Waals surface area contributed by atoms with Gasteiger partial charge in [-0.2, -0.15) is 5.10 Å². The number of hydrogen-bond acceptors (Lipinski definition) is 9. The number of benzene rings is 3. The van der Waals surface area contributed by atoms with Crippen LogP contribution in [-0.4, -0.2) is 49.9 Å². The van der Waals surface area contributed by atoms with Gasteiger partial charge in [0, 0.05) is 9.27 Å². The van der Waals surface area contributed by atoms with Crippen LogP contribution in [0.2, 0.25) is 0 Å². The van der Waals surface area contributed by atoms with Gasteiger partial charge in [0.2, 0.25) is 0 Å². The van der Waals surface area contributed by atoms with E-state index in [-0.39, 0.29) is 12.2 Å². The number of nitrogens with zero attached hydrogens (tertiary/aromatic N) is 1. The van der Waals surface area contributed by atoms with Gasteiger partial charge in [-0.15, -0.1) is 0 Å². The van der Waals surface area contributed by atoms with Crippen molar-refractivity contribution in [3.63, 3.8) is 0 Å². The second kappa shape index (κ2) is 16.5. The molecule has 0 bridgehead atoms. The van der Waals surface area contributed by atoms with Crippen LogP contribution in [0.4, 0.5) is 4.79 Å². The molecule has 3 aromatic rings. The Balaban J connectivity index is 1.37. The largest absolute Gasteiger partial charge is 0.490 e. The number of allylic oxidation sites excluding steroid dienone is 1. The summed E-state index contributed by atoms with van der Waals surface area (Å²) < 4.78 is 25.4. The molecule has 4 N–H and O–H groups in total. The van der Waals surface area contributed by atoms with E-state index in [1.54, 1.807) is 31.3 Å². The van der Waals surface area contributed by atoms with Gasteiger partial charge in [-0.3, -0.25) is 5.43 Å². The number of aliphatic hydroxyl groups is 1. The van der Waals surface area contributed by atoms with Gasteiger partial charge in [0.15, 0.2) is 17.7 Å². The topological polar surface area (TPSA) is 140 Å². The number of carbonyl (C=O) groups excluding carboxylic acids is 2. The fourth-order valence-electron chi connectivity index (χ4n) is 4.35. The summed E-state index contributed by atoms with van der Waals surface area (Å²) in [6.07, 6.45) is 0.455. The molecule has 0 radical (unpaired) electrons. The highest BCUT2D eigenvalue weighted by atomic mass is 127. The fourth-order valence-corrected chi connectivity index (χ4v) is 6.48. The second-order valence-electron chi connectivity index (χ2n) is 9.64. The molecule has 0 unspecified atom stereocenters. The Bertz CT molecular complexity index is 1580. The van der Waals surface area contributed by atoms with Gasteiger partial charge >= 0.3 is 12.0 Å². The van der Waals surface area contributed by atoms with E-state index in [1.165, 1.54) is 10.7 Å². The van der Waals surface area contributed by atoms with Crippen molar-refractivity contribution < 1.29 is 33.6 Å². The minimum Gasteiger partial charge on any atom is -0.490 e. The maximum absolute atomic E-state index is 12.4. The summed E-state index contributed by atoms with van der Waals surface area (Å²) >= 11 is 8.06. The molecule has 11 nitrogen and oxygen atoms in total. The van der Waals surface area contributed by atoms with Crippen LogP contribution in [0.1, 0.15) is 36.6 Å². The number of amides is 2. The fraction of sp³-hybridized carbons (Fsp3) is 0.258. The van der Waals surface area contributed by atoms with Crippen LogP contribution in [0.3, 0.4) is 0 Å². The first kappa shape index (κ1) is 34.8. The second-order valence-corrected chi connectivity index (χ2v) is 12.9. The first-order chi connectivity index (χ1) is 21.6. The van der Waals surface area contributed by atoms with Crippen molar-refractivity contribution in [3.8, 4) is 17.2 Å². The summed E-state index contributed by atoms with van der Waals surface area (Å²) in [5.74, 6) is 0.913. The zero-order chi connectivity index (χ0) is 32.5. The molecule has 0 saturated carbocycles. The number of hydrazone groups is 1. The highest BCUT2D eigenvalue weighted by Gasteiger charge is 2.32. The Labute approximate surface area is 296 Å². The van der Waals surface area contributed by atoms with Gasteiger partial charge in [0.25, 0.3) is 0 Å². The highest BCUT2D eigenvalue weighted by molar-refractivity contribution is 14.1. The molecule has 14 heteroatoms. The molecule has 0 saturated heterocycles. The van der Waals surface area contributed by atoms with Gasteiger partial charge in [0.1, 0.15) is 19.0 Å². The normalized spacial score (nSPS) is 15.3. The van der Waals surface area contributed by atoms with Crippen molar-refractivity contribution in [1.82, 2.24) is 16.1 Å². The van der Waals surface area contributed by atoms with Gasteiger partial charge < -0.3 is 34.7 Å². The molecule has 45 heavy (non-hydrogen) atoms. The summed E-state index contributed by atoms with van der Waals surface area (Å²) in [5.41, 5.74) is 5.78. The maximum Gasteiger partial charge on any atom is 0.337 e. The smallest absolute Gasteiger partial charge is 0.337 e. The lowest BCUT2D eigenvalue weighted by molar-refractivity contribution is -0.136. The minimum atomic E-state index is -1.13. The van der Waals surface area contributed by atoms with E-state index in [9.17, 15) is 14.7 Å². The number of hydrogen-bond donors (Lipinski definition) is 4. The third-order valence-electron chi connectivity index (χ3n) is 6.43. The van der Waals surface area contributed by atoms with Crippen LogP contribution >= 0.6 is 61.1 Å².